The number of rotatable bonds is 4. The minimum absolute atomic E-state index is 0.0527. The number of carbonyl (C=O) groups excluding carboxylic acids is 1. The topological polar surface area (TPSA) is 55.2 Å². The van der Waals surface area contributed by atoms with Gasteiger partial charge in [0.05, 0.1) is 26.9 Å². The highest BCUT2D eigenvalue weighted by Gasteiger charge is 2.22. The molecule has 0 aliphatic heterocycles. The van der Waals surface area contributed by atoms with Gasteiger partial charge in [0.1, 0.15) is 0 Å². The van der Waals surface area contributed by atoms with E-state index in [2.05, 4.69) is 4.98 Å². The van der Waals surface area contributed by atoms with Crippen LogP contribution in [0.1, 0.15) is 6.92 Å². The van der Waals surface area contributed by atoms with E-state index in [1.54, 1.807) is 57.4 Å². The molecule has 1 heterocycles. The van der Waals surface area contributed by atoms with Gasteiger partial charge in [0.15, 0.2) is 5.16 Å². The smallest absolute Gasteiger partial charge is 0.266 e. The van der Waals surface area contributed by atoms with E-state index in [4.69, 9.17) is 11.6 Å². The van der Waals surface area contributed by atoms with Crippen molar-refractivity contribution in [1.82, 2.24) is 14.5 Å². The quantitative estimate of drug-likeness (QED) is 0.507. The van der Waals surface area contributed by atoms with Crippen molar-refractivity contribution < 1.29 is 4.79 Å². The highest BCUT2D eigenvalue weighted by molar-refractivity contribution is 8.00. The summed E-state index contributed by atoms with van der Waals surface area (Å²) in [6, 6.07) is 14.3. The van der Waals surface area contributed by atoms with Gasteiger partial charge in [0.2, 0.25) is 5.91 Å². The normalized spacial score (nSPS) is 12.2. The van der Waals surface area contributed by atoms with Gasteiger partial charge >= 0.3 is 0 Å². The fourth-order valence-corrected chi connectivity index (χ4v) is 3.89. The van der Waals surface area contributed by atoms with Crippen LogP contribution in [0.25, 0.3) is 16.6 Å². The molecule has 5 nitrogen and oxygen atoms in total. The van der Waals surface area contributed by atoms with Gasteiger partial charge < -0.3 is 4.90 Å². The molecule has 0 radical (unpaired) electrons. The number of hydrogen-bond donors (Lipinski definition) is 0. The third-order valence-corrected chi connectivity index (χ3v) is 5.27. The van der Waals surface area contributed by atoms with E-state index in [9.17, 15) is 9.59 Å². The maximum atomic E-state index is 13.1. The Morgan fingerprint density at radius 2 is 1.81 bits per heavy atom. The highest BCUT2D eigenvalue weighted by Crippen LogP contribution is 2.28. The van der Waals surface area contributed by atoms with Crippen molar-refractivity contribution in [1.29, 1.82) is 0 Å². The predicted octanol–water partition coefficient (Wildman–Crippen LogP) is 3.61. The van der Waals surface area contributed by atoms with E-state index in [0.717, 1.165) is 0 Å². The Bertz CT molecular complexity index is 1030. The number of halogens is 1. The second-order valence-corrected chi connectivity index (χ2v) is 7.71. The van der Waals surface area contributed by atoms with Crippen LogP contribution in [0.2, 0.25) is 5.02 Å². The van der Waals surface area contributed by atoms with Crippen LogP contribution < -0.4 is 5.56 Å². The van der Waals surface area contributed by atoms with Crippen molar-refractivity contribution >= 4 is 40.2 Å². The molecule has 3 rings (SSSR count). The molecule has 1 aromatic heterocycles. The Morgan fingerprint density at radius 1 is 1.15 bits per heavy atom. The lowest BCUT2D eigenvalue weighted by Gasteiger charge is -2.19. The summed E-state index contributed by atoms with van der Waals surface area (Å²) in [5.41, 5.74) is 0.924. The number of hydrogen-bond acceptors (Lipinski definition) is 4. The lowest BCUT2D eigenvalue weighted by atomic mass is 10.2. The average molecular weight is 388 g/mol. The van der Waals surface area contributed by atoms with Crippen molar-refractivity contribution in [2.24, 2.45) is 0 Å². The number of amides is 1. The summed E-state index contributed by atoms with van der Waals surface area (Å²) < 4.78 is 1.48. The Kier molecular flexibility index (Phi) is 5.34. The number of aromatic nitrogens is 2. The molecule has 0 bridgehead atoms. The molecule has 0 fully saturated rings. The van der Waals surface area contributed by atoms with E-state index < -0.39 is 5.25 Å². The molecule has 0 unspecified atom stereocenters. The largest absolute Gasteiger partial charge is 0.348 e. The van der Waals surface area contributed by atoms with Crippen molar-refractivity contribution in [2.45, 2.75) is 17.3 Å². The third kappa shape index (κ3) is 3.48. The molecule has 3 aromatic rings. The molecular formula is C19H18ClN3O2S. The summed E-state index contributed by atoms with van der Waals surface area (Å²) in [7, 11) is 3.41. The van der Waals surface area contributed by atoms with Crippen LogP contribution in [0.15, 0.2) is 58.5 Å². The van der Waals surface area contributed by atoms with E-state index in [1.165, 1.54) is 21.2 Å². The standard InChI is InChI=1S/C19H18ClN3O2S/c1-12(17(24)22(2)3)26-19-21-15-10-6-4-8-13(15)18(25)23(19)16-11-7-5-9-14(16)20/h4-12H,1-3H3/t12-/m1/s1. The summed E-state index contributed by atoms with van der Waals surface area (Å²) in [5.74, 6) is -0.0527. The first kappa shape index (κ1) is 18.5. The second-order valence-electron chi connectivity index (χ2n) is 6.00. The Morgan fingerprint density at radius 3 is 2.50 bits per heavy atom. The number of nitrogens with zero attached hydrogens (tertiary/aromatic N) is 3. The maximum Gasteiger partial charge on any atom is 0.266 e. The minimum atomic E-state index is -0.396. The van der Waals surface area contributed by atoms with Gasteiger partial charge in [0, 0.05) is 14.1 Å². The van der Waals surface area contributed by atoms with Gasteiger partial charge in [0.25, 0.3) is 5.56 Å². The fourth-order valence-electron chi connectivity index (χ4n) is 2.61. The monoisotopic (exact) mass is 387 g/mol. The van der Waals surface area contributed by atoms with Crippen LogP contribution >= 0.6 is 23.4 Å². The fraction of sp³-hybridized carbons (Fsp3) is 0.211. The van der Waals surface area contributed by atoms with E-state index in [0.29, 0.717) is 26.8 Å². The Balaban J connectivity index is 2.24. The molecule has 1 atom stereocenters. The molecular weight excluding hydrogens is 370 g/mol. The van der Waals surface area contributed by atoms with Crippen LogP contribution in [-0.2, 0) is 4.79 Å². The summed E-state index contributed by atoms with van der Waals surface area (Å²) in [4.78, 5) is 31.6. The zero-order valence-corrected chi connectivity index (χ0v) is 16.2. The summed E-state index contributed by atoms with van der Waals surface area (Å²) in [6.07, 6.45) is 0. The van der Waals surface area contributed by atoms with Gasteiger partial charge in [-0.3, -0.25) is 14.2 Å². The van der Waals surface area contributed by atoms with Crippen molar-refractivity contribution in [3.05, 3.63) is 63.9 Å². The van der Waals surface area contributed by atoms with Gasteiger partial charge in [-0.25, -0.2) is 4.98 Å². The summed E-state index contributed by atoms with van der Waals surface area (Å²) >= 11 is 7.57. The minimum Gasteiger partial charge on any atom is -0.348 e. The maximum absolute atomic E-state index is 13.1. The first-order valence-corrected chi connectivity index (χ1v) is 9.30. The molecule has 0 aliphatic carbocycles. The first-order valence-electron chi connectivity index (χ1n) is 8.04. The molecule has 1 amide bonds. The molecule has 134 valence electrons. The molecule has 0 spiro atoms. The molecule has 0 saturated carbocycles. The molecule has 0 aliphatic rings. The van der Waals surface area contributed by atoms with Crippen molar-refractivity contribution in [3.8, 4) is 5.69 Å². The predicted molar refractivity (Wildman–Crippen MR) is 106 cm³/mol. The Hall–Kier alpha value is -2.31. The molecule has 0 N–H and O–H groups in total. The van der Waals surface area contributed by atoms with Crippen LogP contribution in [0, 0.1) is 0 Å². The van der Waals surface area contributed by atoms with E-state index in [-0.39, 0.29) is 11.5 Å². The average Bonchev–Trinajstić information content (AvgIpc) is 2.62. The van der Waals surface area contributed by atoms with Crippen LogP contribution in [0.5, 0.6) is 0 Å². The number of benzene rings is 2. The lowest BCUT2D eigenvalue weighted by Crippen LogP contribution is -2.31. The summed E-state index contributed by atoms with van der Waals surface area (Å²) in [5, 5.41) is 0.986. The molecule has 0 saturated heterocycles. The van der Waals surface area contributed by atoms with Gasteiger partial charge in [-0.05, 0) is 31.2 Å². The SMILES string of the molecule is C[C@@H](Sc1nc2ccccc2c(=O)n1-c1ccccc1Cl)C(=O)N(C)C. The van der Waals surface area contributed by atoms with Crippen LogP contribution in [-0.4, -0.2) is 39.7 Å². The zero-order chi connectivity index (χ0) is 18.8. The summed E-state index contributed by atoms with van der Waals surface area (Å²) in [6.45, 7) is 1.80. The number of thioether (sulfide) groups is 1. The van der Waals surface area contributed by atoms with Gasteiger partial charge in [-0.15, -0.1) is 0 Å². The van der Waals surface area contributed by atoms with Crippen molar-refractivity contribution in [2.75, 3.05) is 14.1 Å². The molecule has 2 aromatic carbocycles. The van der Waals surface area contributed by atoms with Gasteiger partial charge in [-0.1, -0.05) is 47.6 Å². The third-order valence-electron chi connectivity index (χ3n) is 3.91. The molecule has 26 heavy (non-hydrogen) atoms. The second kappa shape index (κ2) is 7.51. The highest BCUT2D eigenvalue weighted by atomic mass is 35.5. The Labute approximate surface area is 160 Å². The van der Waals surface area contributed by atoms with Crippen LogP contribution in [0.4, 0.5) is 0 Å². The van der Waals surface area contributed by atoms with E-state index >= 15 is 0 Å². The zero-order valence-electron chi connectivity index (χ0n) is 14.6. The van der Waals surface area contributed by atoms with E-state index in [1.807, 2.05) is 12.1 Å². The number of carbonyl (C=O) groups is 1. The molecule has 7 heteroatoms. The number of para-hydroxylation sites is 2. The van der Waals surface area contributed by atoms with Crippen molar-refractivity contribution in [3.63, 3.8) is 0 Å². The van der Waals surface area contributed by atoms with Crippen LogP contribution in [0.3, 0.4) is 0 Å². The van der Waals surface area contributed by atoms with Gasteiger partial charge in [-0.2, -0.15) is 0 Å². The lowest BCUT2D eigenvalue weighted by molar-refractivity contribution is -0.127. The number of fused-ring (bicyclic) bond motifs is 1. The first-order chi connectivity index (χ1) is 12.4.